The maximum atomic E-state index is 12.2. The van der Waals surface area contributed by atoms with Crippen molar-refractivity contribution in [1.29, 1.82) is 0 Å². The van der Waals surface area contributed by atoms with Gasteiger partial charge < -0.3 is 0 Å². The lowest BCUT2D eigenvalue weighted by molar-refractivity contribution is -0.121. The number of amides is 1. The molecule has 2 aromatic rings. The zero-order valence-corrected chi connectivity index (χ0v) is 14.5. The number of nitrogens with one attached hydrogen (secondary N) is 1. The van der Waals surface area contributed by atoms with Crippen LogP contribution in [0.2, 0.25) is 0 Å². The SMILES string of the molecule is CN(CC(=O)NN(Cc1ccccc1)c1ccccc1)S(C)(=O)=O. The van der Waals surface area contributed by atoms with Gasteiger partial charge in [0.25, 0.3) is 5.91 Å². The van der Waals surface area contributed by atoms with E-state index in [0.717, 1.165) is 21.8 Å². The number of hydrazine groups is 1. The average molecular weight is 347 g/mol. The van der Waals surface area contributed by atoms with E-state index >= 15 is 0 Å². The van der Waals surface area contributed by atoms with Crippen molar-refractivity contribution in [2.75, 3.05) is 24.9 Å². The normalized spacial score (nSPS) is 11.3. The lowest BCUT2D eigenvalue weighted by Gasteiger charge is -2.26. The molecule has 0 aromatic heterocycles. The van der Waals surface area contributed by atoms with E-state index in [0.29, 0.717) is 6.54 Å². The first-order valence-electron chi connectivity index (χ1n) is 7.43. The molecule has 0 saturated heterocycles. The van der Waals surface area contributed by atoms with Gasteiger partial charge in [-0.2, -0.15) is 4.31 Å². The molecule has 2 aromatic carbocycles. The predicted molar refractivity (Wildman–Crippen MR) is 94.7 cm³/mol. The quantitative estimate of drug-likeness (QED) is 0.773. The van der Waals surface area contributed by atoms with Gasteiger partial charge in [-0.15, -0.1) is 0 Å². The predicted octanol–water partition coefficient (Wildman–Crippen LogP) is 1.62. The summed E-state index contributed by atoms with van der Waals surface area (Å²) in [6, 6.07) is 19.1. The monoisotopic (exact) mass is 347 g/mol. The Hall–Kier alpha value is -2.38. The second-order valence-electron chi connectivity index (χ2n) is 5.46. The van der Waals surface area contributed by atoms with Crippen LogP contribution in [0.4, 0.5) is 5.69 Å². The van der Waals surface area contributed by atoms with Gasteiger partial charge in [-0.3, -0.25) is 15.2 Å². The summed E-state index contributed by atoms with van der Waals surface area (Å²) >= 11 is 0. The van der Waals surface area contributed by atoms with Gasteiger partial charge in [-0.25, -0.2) is 8.42 Å². The van der Waals surface area contributed by atoms with E-state index in [1.54, 1.807) is 5.01 Å². The average Bonchev–Trinajstić information content (AvgIpc) is 2.55. The number of hydrogen-bond acceptors (Lipinski definition) is 4. The Bertz CT molecular complexity index is 764. The van der Waals surface area contributed by atoms with Crippen LogP contribution >= 0.6 is 0 Å². The molecule has 0 atom stereocenters. The Labute approximate surface area is 142 Å². The molecule has 0 bridgehead atoms. The Morgan fingerprint density at radius 3 is 2.08 bits per heavy atom. The number of likely N-dealkylation sites (N-methyl/N-ethyl adjacent to an activating group) is 1. The second kappa shape index (κ2) is 7.94. The Morgan fingerprint density at radius 1 is 1.00 bits per heavy atom. The summed E-state index contributed by atoms with van der Waals surface area (Å²) in [6.07, 6.45) is 1.07. The van der Waals surface area contributed by atoms with Crippen molar-refractivity contribution in [2.45, 2.75) is 6.54 Å². The molecule has 6 nitrogen and oxygen atoms in total. The Morgan fingerprint density at radius 2 is 1.54 bits per heavy atom. The molecule has 2 rings (SSSR count). The number of hydrogen-bond donors (Lipinski definition) is 1. The van der Waals surface area contributed by atoms with Crippen LogP contribution in [0.25, 0.3) is 0 Å². The molecule has 0 fully saturated rings. The highest BCUT2D eigenvalue weighted by molar-refractivity contribution is 7.88. The molecule has 0 spiro atoms. The van der Waals surface area contributed by atoms with Crippen molar-refractivity contribution in [1.82, 2.24) is 9.73 Å². The summed E-state index contributed by atoms with van der Waals surface area (Å²) in [7, 11) is -2.03. The molecule has 0 saturated carbocycles. The smallest absolute Gasteiger partial charge is 0.253 e. The minimum Gasteiger partial charge on any atom is -0.281 e. The van der Waals surface area contributed by atoms with Gasteiger partial charge >= 0.3 is 0 Å². The maximum absolute atomic E-state index is 12.2. The highest BCUT2D eigenvalue weighted by Gasteiger charge is 2.17. The molecule has 0 aliphatic carbocycles. The Kier molecular flexibility index (Phi) is 5.94. The van der Waals surface area contributed by atoms with E-state index in [1.165, 1.54) is 7.05 Å². The standard InChI is InChI=1S/C17H21N3O3S/c1-19(24(2,22)23)14-17(21)18-20(16-11-7-4-8-12-16)13-15-9-5-3-6-10-15/h3-12H,13-14H2,1-2H3,(H,18,21). The van der Waals surface area contributed by atoms with Crippen LogP contribution < -0.4 is 10.4 Å². The molecule has 1 amide bonds. The third kappa shape index (κ3) is 5.36. The zero-order chi connectivity index (χ0) is 17.6. The van der Waals surface area contributed by atoms with E-state index in [4.69, 9.17) is 0 Å². The third-order valence-electron chi connectivity index (χ3n) is 3.44. The molecule has 0 heterocycles. The largest absolute Gasteiger partial charge is 0.281 e. The Balaban J connectivity index is 2.13. The van der Waals surface area contributed by atoms with Gasteiger partial charge in [0.15, 0.2) is 0 Å². The summed E-state index contributed by atoms with van der Waals surface area (Å²) < 4.78 is 23.9. The fourth-order valence-electron chi connectivity index (χ4n) is 2.07. The van der Waals surface area contributed by atoms with Gasteiger partial charge in [0.2, 0.25) is 10.0 Å². The van der Waals surface area contributed by atoms with Gasteiger partial charge in [-0.05, 0) is 17.7 Å². The third-order valence-corrected chi connectivity index (χ3v) is 4.70. The van der Waals surface area contributed by atoms with Crippen LogP contribution in [0.15, 0.2) is 60.7 Å². The van der Waals surface area contributed by atoms with Gasteiger partial charge in [-0.1, -0.05) is 48.5 Å². The van der Waals surface area contributed by atoms with Gasteiger partial charge in [0.05, 0.1) is 25.0 Å². The molecule has 24 heavy (non-hydrogen) atoms. The fraction of sp³-hybridized carbons (Fsp3) is 0.235. The second-order valence-corrected chi connectivity index (χ2v) is 7.55. The van der Waals surface area contributed by atoms with E-state index in [2.05, 4.69) is 5.43 Å². The van der Waals surface area contributed by atoms with Crippen LogP contribution in [-0.4, -0.2) is 38.5 Å². The number of benzene rings is 2. The molecule has 128 valence electrons. The number of carbonyl (C=O) groups is 1. The molecule has 0 aliphatic heterocycles. The minimum atomic E-state index is -3.40. The van der Waals surface area contributed by atoms with Crippen LogP contribution in [0.5, 0.6) is 0 Å². The summed E-state index contributed by atoms with van der Waals surface area (Å²) in [5.41, 5.74) is 4.62. The zero-order valence-electron chi connectivity index (χ0n) is 13.7. The topological polar surface area (TPSA) is 69.7 Å². The van der Waals surface area contributed by atoms with Crippen LogP contribution in [-0.2, 0) is 21.4 Å². The lowest BCUT2D eigenvalue weighted by Crippen LogP contribution is -2.46. The van der Waals surface area contributed by atoms with E-state index in [9.17, 15) is 13.2 Å². The minimum absolute atomic E-state index is 0.239. The molecule has 0 radical (unpaired) electrons. The number of para-hydroxylation sites is 1. The van der Waals surface area contributed by atoms with Crippen molar-refractivity contribution < 1.29 is 13.2 Å². The lowest BCUT2D eigenvalue weighted by atomic mass is 10.2. The summed E-state index contributed by atoms with van der Waals surface area (Å²) in [4.78, 5) is 12.2. The first kappa shape index (κ1) is 18.0. The molecular weight excluding hydrogens is 326 g/mol. The van der Waals surface area contributed by atoms with E-state index in [1.807, 2.05) is 60.7 Å². The van der Waals surface area contributed by atoms with Crippen LogP contribution in [0.1, 0.15) is 5.56 Å². The van der Waals surface area contributed by atoms with E-state index < -0.39 is 15.9 Å². The fourth-order valence-corrected chi connectivity index (χ4v) is 2.43. The van der Waals surface area contributed by atoms with Crippen LogP contribution in [0.3, 0.4) is 0 Å². The van der Waals surface area contributed by atoms with Crippen molar-refractivity contribution >= 4 is 21.6 Å². The summed E-state index contributed by atoms with van der Waals surface area (Å²) in [6.45, 7) is 0.232. The molecule has 0 aliphatic rings. The first-order valence-corrected chi connectivity index (χ1v) is 9.28. The first-order chi connectivity index (χ1) is 11.4. The van der Waals surface area contributed by atoms with Crippen molar-refractivity contribution in [2.24, 2.45) is 0 Å². The highest BCUT2D eigenvalue weighted by Crippen LogP contribution is 2.14. The maximum Gasteiger partial charge on any atom is 0.253 e. The van der Waals surface area contributed by atoms with Gasteiger partial charge in [0, 0.05) is 7.05 Å². The van der Waals surface area contributed by atoms with Crippen molar-refractivity contribution in [3.05, 3.63) is 66.2 Å². The highest BCUT2D eigenvalue weighted by atomic mass is 32.2. The van der Waals surface area contributed by atoms with Crippen molar-refractivity contribution in [3.63, 3.8) is 0 Å². The van der Waals surface area contributed by atoms with Gasteiger partial charge in [0.1, 0.15) is 0 Å². The number of rotatable bonds is 7. The van der Waals surface area contributed by atoms with Crippen molar-refractivity contribution in [3.8, 4) is 0 Å². The summed E-state index contributed by atoms with van der Waals surface area (Å²) in [5, 5.41) is 1.70. The molecule has 0 unspecified atom stereocenters. The number of carbonyl (C=O) groups excluding carboxylic acids is 1. The number of nitrogens with zero attached hydrogens (tertiary/aromatic N) is 2. The molecule has 7 heteroatoms. The number of anilines is 1. The van der Waals surface area contributed by atoms with E-state index in [-0.39, 0.29) is 6.54 Å². The molecule has 1 N–H and O–H groups in total. The summed E-state index contributed by atoms with van der Waals surface area (Å²) in [5.74, 6) is -0.400. The van der Waals surface area contributed by atoms with Crippen LogP contribution in [0, 0.1) is 0 Å². The molecular formula is C17H21N3O3S. The number of sulfonamides is 1.